The second-order valence-electron chi connectivity index (χ2n) is 11.2. The molecule has 2 aliphatic rings. The Morgan fingerprint density at radius 1 is 1.10 bits per heavy atom. The Kier molecular flexibility index (Phi) is 8.40. The Labute approximate surface area is 241 Å². The number of ether oxygens (including phenoxy) is 1. The van der Waals surface area contributed by atoms with E-state index in [0.717, 1.165) is 12.1 Å². The smallest absolute Gasteiger partial charge is 0.416 e. The van der Waals surface area contributed by atoms with Gasteiger partial charge in [0.1, 0.15) is 16.5 Å². The molecule has 0 saturated heterocycles. The maximum absolute atomic E-state index is 13.4. The fourth-order valence-electron chi connectivity index (χ4n) is 5.72. The van der Waals surface area contributed by atoms with Crippen molar-refractivity contribution in [1.29, 1.82) is 0 Å². The van der Waals surface area contributed by atoms with Crippen LogP contribution in [0.15, 0.2) is 59.8 Å². The first-order valence-corrected chi connectivity index (χ1v) is 14.9. The molecular formula is C28H33F3N4O6S. The van der Waals surface area contributed by atoms with Crippen LogP contribution >= 0.6 is 0 Å². The first kappa shape index (κ1) is 30.4. The highest BCUT2D eigenvalue weighted by molar-refractivity contribution is 7.89. The lowest BCUT2D eigenvalue weighted by Crippen LogP contribution is -2.46. The summed E-state index contributed by atoms with van der Waals surface area (Å²) >= 11 is 0. The Bertz CT molecular complexity index is 1520. The summed E-state index contributed by atoms with van der Waals surface area (Å²) in [5.41, 5.74) is -1.17. The molecule has 1 aliphatic carbocycles. The van der Waals surface area contributed by atoms with Crippen LogP contribution in [0.3, 0.4) is 0 Å². The highest BCUT2D eigenvalue weighted by Gasteiger charge is 2.46. The number of imidazole rings is 1. The van der Waals surface area contributed by atoms with Crippen molar-refractivity contribution in [2.24, 2.45) is 12.5 Å². The Hall–Kier alpha value is -3.01. The molecule has 10 nitrogen and oxygen atoms in total. The highest BCUT2D eigenvalue weighted by Crippen LogP contribution is 2.42. The number of hydrogen-bond acceptors (Lipinski definition) is 8. The zero-order valence-electron chi connectivity index (χ0n) is 22.8. The number of aliphatic hydroxyl groups excluding tert-OH is 3. The average molecular weight is 611 g/mol. The van der Waals surface area contributed by atoms with Gasteiger partial charge < -0.3 is 24.6 Å². The van der Waals surface area contributed by atoms with Crippen molar-refractivity contribution in [3.05, 3.63) is 66.2 Å². The van der Waals surface area contributed by atoms with E-state index in [-0.39, 0.29) is 55.3 Å². The summed E-state index contributed by atoms with van der Waals surface area (Å²) in [7, 11) is -2.39. The number of hydrogen-bond donors (Lipinski definition) is 4. The van der Waals surface area contributed by atoms with E-state index < -0.39 is 45.5 Å². The van der Waals surface area contributed by atoms with Crippen molar-refractivity contribution in [1.82, 2.24) is 19.2 Å². The van der Waals surface area contributed by atoms with Crippen LogP contribution in [0.25, 0.3) is 11.1 Å². The van der Waals surface area contributed by atoms with E-state index in [1.807, 2.05) is 16.5 Å². The molecule has 0 bridgehead atoms. The summed E-state index contributed by atoms with van der Waals surface area (Å²) in [5, 5.41) is 31.9. The quantitative estimate of drug-likeness (QED) is 0.354. The van der Waals surface area contributed by atoms with Crippen LogP contribution in [0.2, 0.25) is 0 Å². The molecule has 1 fully saturated rings. The summed E-state index contributed by atoms with van der Waals surface area (Å²) in [5.74, 6) is 0.597. The van der Waals surface area contributed by atoms with Crippen molar-refractivity contribution < 1.29 is 41.6 Å². The summed E-state index contributed by atoms with van der Waals surface area (Å²) in [6, 6.07) is 8.69. The molecular weight excluding hydrogens is 577 g/mol. The number of alkyl halides is 3. The molecule has 4 N–H and O–H groups in total. The predicted molar refractivity (Wildman–Crippen MR) is 146 cm³/mol. The number of aryl methyl sites for hydroxylation is 1. The SMILES string of the molecule is Cn1ccnc1CN1C[C@@H](O)CNS(=O)(=O)c2ccc(-c3cccc(C(F)(F)F)c3)cc2OCC2(C[C@@H](O)[C@@H](O)C2)C1. The molecule has 0 amide bonds. The van der Waals surface area contributed by atoms with Gasteiger partial charge in [-0.05, 0) is 48.2 Å². The first-order valence-electron chi connectivity index (χ1n) is 13.4. The van der Waals surface area contributed by atoms with E-state index in [1.54, 1.807) is 12.4 Å². The number of nitrogens with one attached hydrogen (secondary N) is 1. The second-order valence-corrected chi connectivity index (χ2v) is 12.9. The molecule has 1 saturated carbocycles. The van der Waals surface area contributed by atoms with Crippen LogP contribution in [0, 0.1) is 5.41 Å². The number of rotatable bonds is 3. The lowest BCUT2D eigenvalue weighted by Gasteiger charge is -2.36. The van der Waals surface area contributed by atoms with Crippen molar-refractivity contribution in [2.75, 3.05) is 26.2 Å². The highest BCUT2D eigenvalue weighted by atomic mass is 32.2. The zero-order valence-corrected chi connectivity index (χ0v) is 23.6. The normalized spacial score (nSPS) is 27.2. The summed E-state index contributed by atoms with van der Waals surface area (Å²) < 4.78 is 77.1. The lowest BCUT2D eigenvalue weighted by atomic mass is 9.85. The summed E-state index contributed by atoms with van der Waals surface area (Å²) in [6.07, 6.45) is -4.04. The minimum atomic E-state index is -4.56. The Morgan fingerprint density at radius 3 is 2.48 bits per heavy atom. The van der Waals surface area contributed by atoms with Gasteiger partial charge in [0.2, 0.25) is 10.0 Å². The minimum absolute atomic E-state index is 0.0741. The van der Waals surface area contributed by atoms with Crippen LogP contribution < -0.4 is 9.46 Å². The van der Waals surface area contributed by atoms with Crippen molar-refractivity contribution >= 4 is 10.0 Å². The monoisotopic (exact) mass is 610 g/mol. The molecule has 1 aromatic heterocycles. The fraction of sp³-hybridized carbons (Fsp3) is 0.464. The molecule has 228 valence electrons. The Morgan fingerprint density at radius 2 is 1.81 bits per heavy atom. The molecule has 14 heteroatoms. The average Bonchev–Trinajstić information content (AvgIpc) is 3.46. The molecule has 1 aliphatic heterocycles. The number of benzene rings is 2. The van der Waals surface area contributed by atoms with Gasteiger partial charge in [-0.15, -0.1) is 0 Å². The molecule has 1 unspecified atom stereocenters. The number of fused-ring (bicyclic) bond motifs is 1. The number of halogens is 3. The number of β-amino-alcohol motifs (C(OH)–C–C–N with tert-alkyl or cyclic N) is 1. The third-order valence-corrected chi connectivity index (χ3v) is 9.30. The third-order valence-electron chi connectivity index (χ3n) is 7.84. The molecule has 2 heterocycles. The zero-order chi connectivity index (χ0) is 30.3. The number of sulfonamides is 1. The molecule has 42 heavy (non-hydrogen) atoms. The lowest BCUT2D eigenvalue weighted by molar-refractivity contribution is -0.137. The van der Waals surface area contributed by atoms with Crippen LogP contribution in [-0.2, 0) is 29.8 Å². The number of nitrogens with zero attached hydrogens (tertiary/aromatic N) is 3. The van der Waals surface area contributed by atoms with Gasteiger partial charge in [0.05, 0.1) is 37.0 Å². The largest absolute Gasteiger partial charge is 0.492 e. The standard InChI is InChI=1S/C28H33F3N4O6S/c1-34-8-7-32-26(34)15-35-14-21(36)13-33-42(39,40)25-6-5-19(18-3-2-4-20(9-18)28(29,30)31)10-24(25)41-17-27(16-35)11-22(37)23(38)12-27/h2-10,21-23,33,36-38H,11-17H2,1H3/t21-,22-,23+,27?/m0/s1. The van der Waals surface area contributed by atoms with Gasteiger partial charge in [-0.2, -0.15) is 13.2 Å². The minimum Gasteiger partial charge on any atom is -0.492 e. The maximum Gasteiger partial charge on any atom is 0.416 e. The molecule has 1 spiro atoms. The van der Waals surface area contributed by atoms with Gasteiger partial charge in [0, 0.05) is 44.5 Å². The van der Waals surface area contributed by atoms with Crippen molar-refractivity contribution in [3.8, 4) is 16.9 Å². The molecule has 5 rings (SSSR count). The van der Waals surface area contributed by atoms with Crippen molar-refractivity contribution in [2.45, 2.75) is 48.8 Å². The molecule has 0 radical (unpaired) electrons. The van der Waals surface area contributed by atoms with E-state index in [2.05, 4.69) is 9.71 Å². The molecule has 2 aromatic carbocycles. The van der Waals surface area contributed by atoms with Crippen molar-refractivity contribution in [3.63, 3.8) is 0 Å². The molecule has 4 atom stereocenters. The van der Waals surface area contributed by atoms with Crippen LogP contribution in [0.5, 0.6) is 5.75 Å². The van der Waals surface area contributed by atoms with Crippen LogP contribution in [-0.4, -0.2) is 82.7 Å². The Balaban J connectivity index is 1.54. The van der Waals surface area contributed by atoms with E-state index in [9.17, 15) is 36.9 Å². The van der Waals surface area contributed by atoms with E-state index in [0.29, 0.717) is 17.9 Å². The summed E-state index contributed by atoms with van der Waals surface area (Å²) in [6.45, 7) is 0.234. The van der Waals surface area contributed by atoms with E-state index >= 15 is 0 Å². The predicted octanol–water partition coefficient (Wildman–Crippen LogP) is 2.14. The van der Waals surface area contributed by atoms with Gasteiger partial charge >= 0.3 is 6.18 Å². The van der Waals surface area contributed by atoms with Gasteiger partial charge in [-0.1, -0.05) is 18.2 Å². The van der Waals surface area contributed by atoms with Crippen LogP contribution in [0.4, 0.5) is 13.2 Å². The number of aromatic nitrogens is 2. The van der Waals surface area contributed by atoms with Gasteiger partial charge in [0.25, 0.3) is 0 Å². The maximum atomic E-state index is 13.4. The third kappa shape index (κ3) is 6.63. The van der Waals surface area contributed by atoms with Gasteiger partial charge in [-0.25, -0.2) is 18.1 Å². The molecule has 3 aromatic rings. The van der Waals surface area contributed by atoms with Crippen LogP contribution in [0.1, 0.15) is 24.2 Å². The fourth-order valence-corrected chi connectivity index (χ4v) is 6.92. The number of aliphatic hydroxyl groups is 3. The topological polar surface area (TPSA) is 137 Å². The van der Waals surface area contributed by atoms with Gasteiger partial charge in [-0.3, -0.25) is 4.90 Å². The second kappa shape index (κ2) is 11.6. The van der Waals surface area contributed by atoms with E-state index in [1.165, 1.54) is 30.3 Å². The van der Waals surface area contributed by atoms with Gasteiger partial charge in [0.15, 0.2) is 0 Å². The van der Waals surface area contributed by atoms with E-state index in [4.69, 9.17) is 4.74 Å². The summed E-state index contributed by atoms with van der Waals surface area (Å²) in [4.78, 5) is 5.99. The first-order chi connectivity index (χ1) is 19.7.